The van der Waals surface area contributed by atoms with E-state index >= 15 is 0 Å². The number of benzene rings is 2. The van der Waals surface area contributed by atoms with Gasteiger partial charge in [0.15, 0.2) is 0 Å². The van der Waals surface area contributed by atoms with Crippen LogP contribution in [0.15, 0.2) is 42.0 Å². The van der Waals surface area contributed by atoms with Gasteiger partial charge in [0.05, 0.1) is 6.61 Å². The first-order chi connectivity index (χ1) is 13.4. The number of aliphatic hydroxyl groups excluding tert-OH is 1. The highest BCUT2D eigenvalue weighted by atomic mass is 16.3. The first-order valence-electron chi connectivity index (χ1n) is 9.36. The van der Waals surface area contributed by atoms with Crippen molar-refractivity contribution in [1.29, 1.82) is 5.26 Å². The van der Waals surface area contributed by atoms with Gasteiger partial charge in [0.1, 0.15) is 11.6 Å². The summed E-state index contributed by atoms with van der Waals surface area (Å²) in [5.74, 6) is -0.423. The van der Waals surface area contributed by atoms with Crippen molar-refractivity contribution >= 4 is 23.4 Å². The van der Waals surface area contributed by atoms with E-state index in [0.717, 1.165) is 34.5 Å². The molecule has 0 saturated heterocycles. The topological polar surface area (TPSA) is 76.4 Å². The van der Waals surface area contributed by atoms with E-state index in [1.54, 1.807) is 6.08 Å². The number of carbonyl (C=O) groups is 1. The van der Waals surface area contributed by atoms with Gasteiger partial charge in [0.2, 0.25) is 0 Å². The molecule has 0 aliphatic carbocycles. The lowest BCUT2D eigenvalue weighted by Crippen LogP contribution is -2.26. The molecule has 2 aromatic carbocycles. The van der Waals surface area contributed by atoms with Crippen LogP contribution in [0.4, 0.5) is 11.4 Å². The molecule has 5 nitrogen and oxygen atoms in total. The summed E-state index contributed by atoms with van der Waals surface area (Å²) in [6.07, 6.45) is 1.61. The summed E-state index contributed by atoms with van der Waals surface area (Å²) in [4.78, 5) is 14.6. The van der Waals surface area contributed by atoms with Gasteiger partial charge in [-0.3, -0.25) is 4.79 Å². The van der Waals surface area contributed by atoms with Gasteiger partial charge < -0.3 is 15.3 Å². The fraction of sp³-hybridized carbons (Fsp3) is 0.304. The Kier molecular flexibility index (Phi) is 7.36. The van der Waals surface area contributed by atoms with Gasteiger partial charge in [-0.1, -0.05) is 23.8 Å². The molecule has 2 rings (SSSR count). The molecule has 2 aromatic rings. The van der Waals surface area contributed by atoms with Crippen molar-refractivity contribution in [1.82, 2.24) is 0 Å². The summed E-state index contributed by atoms with van der Waals surface area (Å²) < 4.78 is 0. The smallest absolute Gasteiger partial charge is 0.266 e. The molecular formula is C23H27N3O2. The Morgan fingerprint density at radius 2 is 1.93 bits per heavy atom. The molecule has 0 heterocycles. The van der Waals surface area contributed by atoms with Crippen molar-refractivity contribution in [3.05, 3.63) is 64.2 Å². The Labute approximate surface area is 166 Å². The molecule has 28 heavy (non-hydrogen) atoms. The molecule has 1 amide bonds. The van der Waals surface area contributed by atoms with Crippen LogP contribution in [0.2, 0.25) is 0 Å². The molecule has 0 aromatic heterocycles. The second-order valence-electron chi connectivity index (χ2n) is 6.79. The summed E-state index contributed by atoms with van der Waals surface area (Å²) in [6, 6.07) is 13.6. The van der Waals surface area contributed by atoms with Crippen LogP contribution in [-0.2, 0) is 4.79 Å². The van der Waals surface area contributed by atoms with E-state index in [-0.39, 0.29) is 12.2 Å². The molecule has 0 aliphatic heterocycles. The van der Waals surface area contributed by atoms with Crippen molar-refractivity contribution in [3.63, 3.8) is 0 Å². The number of aryl methyl sites for hydroxylation is 3. The zero-order valence-corrected chi connectivity index (χ0v) is 16.9. The predicted molar refractivity (Wildman–Crippen MR) is 114 cm³/mol. The number of aliphatic hydroxyl groups is 1. The van der Waals surface area contributed by atoms with Crippen LogP contribution in [0.5, 0.6) is 0 Å². The molecule has 146 valence electrons. The standard InChI is InChI=1S/C23H27N3O2/c1-5-26(10-11-27)21-8-7-19(17(3)13-21)14-20(15-24)23(28)25-22-9-6-16(2)12-18(22)4/h6-9,12-14,27H,5,10-11H2,1-4H3,(H,25,28)/b20-14+. The van der Waals surface area contributed by atoms with Crippen LogP contribution in [0.1, 0.15) is 29.2 Å². The number of hydrogen-bond acceptors (Lipinski definition) is 4. The third kappa shape index (κ3) is 5.21. The van der Waals surface area contributed by atoms with Crippen molar-refractivity contribution < 1.29 is 9.90 Å². The molecule has 0 aliphatic rings. The van der Waals surface area contributed by atoms with Crippen LogP contribution >= 0.6 is 0 Å². The van der Waals surface area contributed by atoms with E-state index in [0.29, 0.717) is 12.2 Å². The van der Waals surface area contributed by atoms with Gasteiger partial charge in [0.25, 0.3) is 5.91 Å². The number of hydrogen-bond donors (Lipinski definition) is 2. The van der Waals surface area contributed by atoms with Gasteiger partial charge >= 0.3 is 0 Å². The summed E-state index contributed by atoms with van der Waals surface area (Å²) in [5.41, 5.74) is 5.60. The maximum absolute atomic E-state index is 12.6. The number of rotatable bonds is 7. The van der Waals surface area contributed by atoms with E-state index in [1.807, 2.05) is 70.2 Å². The van der Waals surface area contributed by atoms with Crippen LogP contribution in [0, 0.1) is 32.1 Å². The Bertz CT molecular complexity index is 926. The molecule has 0 atom stereocenters. The fourth-order valence-corrected chi connectivity index (χ4v) is 3.06. The van der Waals surface area contributed by atoms with Crippen LogP contribution in [0.3, 0.4) is 0 Å². The highest BCUT2D eigenvalue weighted by molar-refractivity contribution is 6.10. The highest BCUT2D eigenvalue weighted by Crippen LogP contribution is 2.22. The largest absolute Gasteiger partial charge is 0.395 e. The lowest BCUT2D eigenvalue weighted by Gasteiger charge is -2.22. The van der Waals surface area contributed by atoms with Crippen molar-refractivity contribution in [2.45, 2.75) is 27.7 Å². The number of nitrogens with zero attached hydrogens (tertiary/aromatic N) is 2. The summed E-state index contributed by atoms with van der Waals surface area (Å²) >= 11 is 0. The zero-order chi connectivity index (χ0) is 20.7. The molecule has 0 fully saturated rings. The monoisotopic (exact) mass is 377 g/mol. The van der Waals surface area contributed by atoms with E-state index in [1.165, 1.54) is 0 Å². The quantitative estimate of drug-likeness (QED) is 0.565. The minimum Gasteiger partial charge on any atom is -0.395 e. The Hall–Kier alpha value is -3.10. The average molecular weight is 377 g/mol. The van der Waals surface area contributed by atoms with E-state index < -0.39 is 5.91 Å². The zero-order valence-electron chi connectivity index (χ0n) is 16.9. The lowest BCUT2D eigenvalue weighted by molar-refractivity contribution is -0.112. The average Bonchev–Trinajstić information content (AvgIpc) is 2.67. The number of carbonyl (C=O) groups excluding carboxylic acids is 1. The highest BCUT2D eigenvalue weighted by Gasteiger charge is 2.12. The SMILES string of the molecule is CCN(CCO)c1ccc(/C=C(\C#N)C(=O)Nc2ccc(C)cc2C)c(C)c1. The van der Waals surface area contributed by atoms with Gasteiger partial charge in [-0.2, -0.15) is 5.26 Å². The van der Waals surface area contributed by atoms with Crippen LogP contribution < -0.4 is 10.2 Å². The molecule has 5 heteroatoms. The maximum Gasteiger partial charge on any atom is 0.266 e. The van der Waals surface area contributed by atoms with Crippen LogP contribution in [0.25, 0.3) is 6.08 Å². The van der Waals surface area contributed by atoms with E-state index in [4.69, 9.17) is 0 Å². The molecule has 2 N–H and O–H groups in total. The molecule has 0 saturated carbocycles. The third-order valence-electron chi connectivity index (χ3n) is 4.67. The van der Waals surface area contributed by atoms with Gasteiger partial charge in [-0.05, 0) is 68.7 Å². The number of nitriles is 1. The molecule has 0 radical (unpaired) electrons. The number of nitrogens with one attached hydrogen (secondary N) is 1. The van der Waals surface area contributed by atoms with Crippen molar-refractivity contribution in [2.75, 3.05) is 29.9 Å². The molecule has 0 unspecified atom stereocenters. The minimum absolute atomic E-state index is 0.0542. The molecule has 0 bridgehead atoms. The Balaban J connectivity index is 2.26. The number of anilines is 2. The lowest BCUT2D eigenvalue weighted by atomic mass is 10.0. The van der Waals surface area contributed by atoms with Gasteiger partial charge in [0, 0.05) is 24.5 Å². The molecule has 0 spiro atoms. The fourth-order valence-electron chi connectivity index (χ4n) is 3.06. The van der Waals surface area contributed by atoms with E-state index in [2.05, 4.69) is 10.2 Å². The predicted octanol–water partition coefficient (Wildman–Crippen LogP) is 3.98. The number of amides is 1. The van der Waals surface area contributed by atoms with Crippen LogP contribution in [-0.4, -0.2) is 30.7 Å². The second kappa shape index (κ2) is 9.72. The normalized spacial score (nSPS) is 11.1. The first kappa shape index (κ1) is 21.2. The summed E-state index contributed by atoms with van der Waals surface area (Å²) in [6.45, 7) is 9.33. The minimum atomic E-state index is -0.423. The van der Waals surface area contributed by atoms with Gasteiger partial charge in [-0.15, -0.1) is 0 Å². The van der Waals surface area contributed by atoms with Crippen molar-refractivity contribution in [2.24, 2.45) is 0 Å². The summed E-state index contributed by atoms with van der Waals surface area (Å²) in [7, 11) is 0. The van der Waals surface area contributed by atoms with E-state index in [9.17, 15) is 15.2 Å². The Morgan fingerprint density at radius 1 is 1.18 bits per heavy atom. The van der Waals surface area contributed by atoms with Crippen molar-refractivity contribution in [3.8, 4) is 6.07 Å². The second-order valence-corrected chi connectivity index (χ2v) is 6.79. The number of likely N-dealkylation sites (N-methyl/N-ethyl adjacent to an activating group) is 1. The van der Waals surface area contributed by atoms with Gasteiger partial charge in [-0.25, -0.2) is 0 Å². The summed E-state index contributed by atoms with van der Waals surface area (Å²) in [5, 5.41) is 21.5. The maximum atomic E-state index is 12.6. The third-order valence-corrected chi connectivity index (χ3v) is 4.67. The Morgan fingerprint density at radius 3 is 2.50 bits per heavy atom. The molecular weight excluding hydrogens is 350 g/mol. The first-order valence-corrected chi connectivity index (χ1v) is 9.36.